The summed E-state index contributed by atoms with van der Waals surface area (Å²) in [6.45, 7) is 4.21. The Bertz CT molecular complexity index is 272. The van der Waals surface area contributed by atoms with Crippen molar-refractivity contribution in [1.29, 1.82) is 0 Å². The summed E-state index contributed by atoms with van der Waals surface area (Å²) < 4.78 is 0. The van der Waals surface area contributed by atoms with Crippen LogP contribution in [-0.2, 0) is 4.79 Å². The van der Waals surface area contributed by atoms with Gasteiger partial charge < -0.3 is 4.90 Å². The molecular weight excluding hydrogens is 224 g/mol. The van der Waals surface area contributed by atoms with E-state index in [9.17, 15) is 4.79 Å². The Kier molecular flexibility index (Phi) is 5.04. The molecule has 1 amide bonds. The molecule has 1 saturated heterocycles. The molecule has 0 radical (unpaired) electrons. The second kappa shape index (κ2) is 6.55. The zero-order valence-corrected chi connectivity index (χ0v) is 12.0. The van der Waals surface area contributed by atoms with E-state index < -0.39 is 0 Å². The topological polar surface area (TPSA) is 32.3 Å². The minimum absolute atomic E-state index is 0.0204. The summed E-state index contributed by atoms with van der Waals surface area (Å²) in [7, 11) is 0. The van der Waals surface area contributed by atoms with Gasteiger partial charge in [0.2, 0.25) is 5.91 Å². The fraction of sp³-hybridized carbons (Fsp3) is 0.933. The first-order chi connectivity index (χ1) is 8.74. The molecule has 2 fully saturated rings. The smallest absolute Gasteiger partial charge is 0.240 e. The largest absolute Gasteiger partial charge is 0.323 e. The quantitative estimate of drug-likeness (QED) is 0.837. The van der Waals surface area contributed by atoms with Crippen molar-refractivity contribution in [2.75, 3.05) is 0 Å². The van der Waals surface area contributed by atoms with E-state index in [0.717, 1.165) is 12.8 Å². The number of rotatable bonds is 3. The van der Waals surface area contributed by atoms with E-state index in [1.165, 1.54) is 44.9 Å². The second-order valence-electron chi connectivity index (χ2n) is 5.94. The van der Waals surface area contributed by atoms with Gasteiger partial charge in [0.05, 0.1) is 12.2 Å². The van der Waals surface area contributed by atoms with E-state index >= 15 is 0 Å². The number of carbonyl (C=O) groups excluding carboxylic acids is 1. The molecule has 2 unspecified atom stereocenters. The molecule has 3 heteroatoms. The van der Waals surface area contributed by atoms with Gasteiger partial charge in [0.1, 0.15) is 0 Å². The van der Waals surface area contributed by atoms with Crippen molar-refractivity contribution in [1.82, 2.24) is 10.2 Å². The fourth-order valence-electron chi connectivity index (χ4n) is 3.46. The van der Waals surface area contributed by atoms with Gasteiger partial charge in [0.25, 0.3) is 0 Å². The second-order valence-corrected chi connectivity index (χ2v) is 5.94. The molecule has 2 atom stereocenters. The van der Waals surface area contributed by atoms with Crippen LogP contribution in [0.5, 0.6) is 0 Å². The lowest BCUT2D eigenvalue weighted by Crippen LogP contribution is -2.44. The monoisotopic (exact) mass is 252 g/mol. The van der Waals surface area contributed by atoms with Crippen LogP contribution in [0.3, 0.4) is 0 Å². The Labute approximate surface area is 111 Å². The van der Waals surface area contributed by atoms with Crippen LogP contribution in [0.25, 0.3) is 0 Å². The predicted octanol–water partition coefficient (Wildman–Crippen LogP) is 3.05. The normalized spacial score (nSPS) is 31.4. The maximum atomic E-state index is 12.4. The number of hydrogen-bond acceptors (Lipinski definition) is 2. The van der Waals surface area contributed by atoms with Crippen molar-refractivity contribution >= 4 is 5.91 Å². The highest BCUT2D eigenvalue weighted by molar-refractivity contribution is 5.84. The van der Waals surface area contributed by atoms with Gasteiger partial charge in [-0.25, -0.2) is 0 Å². The van der Waals surface area contributed by atoms with E-state index in [1.807, 2.05) is 6.92 Å². The zero-order chi connectivity index (χ0) is 13.0. The van der Waals surface area contributed by atoms with Gasteiger partial charge in [0, 0.05) is 6.04 Å². The van der Waals surface area contributed by atoms with Crippen LogP contribution >= 0.6 is 0 Å². The summed E-state index contributed by atoms with van der Waals surface area (Å²) in [5.41, 5.74) is 0. The van der Waals surface area contributed by atoms with Gasteiger partial charge in [-0.1, -0.05) is 45.4 Å². The number of amides is 1. The van der Waals surface area contributed by atoms with Crippen molar-refractivity contribution in [3.63, 3.8) is 0 Å². The standard InChI is InChI=1S/C15H28N2O/c1-3-9-14-16-12(2)15(18)17(14)13-10-7-5-4-6-8-11-13/h12-14,16H,3-11H2,1-2H3. The lowest BCUT2D eigenvalue weighted by molar-refractivity contribution is -0.132. The van der Waals surface area contributed by atoms with Crippen molar-refractivity contribution in [2.45, 2.75) is 89.9 Å². The third-order valence-electron chi connectivity index (χ3n) is 4.43. The highest BCUT2D eigenvalue weighted by Crippen LogP contribution is 2.27. The van der Waals surface area contributed by atoms with Gasteiger partial charge in [-0.2, -0.15) is 0 Å². The van der Waals surface area contributed by atoms with E-state index in [1.54, 1.807) is 0 Å². The Morgan fingerprint density at radius 3 is 2.39 bits per heavy atom. The summed E-state index contributed by atoms with van der Waals surface area (Å²) in [5.74, 6) is 0.332. The molecule has 0 aromatic rings. The van der Waals surface area contributed by atoms with Crippen LogP contribution in [0, 0.1) is 0 Å². The molecule has 2 aliphatic rings. The van der Waals surface area contributed by atoms with E-state index in [-0.39, 0.29) is 6.04 Å². The summed E-state index contributed by atoms with van der Waals surface area (Å²) in [5, 5.41) is 3.46. The molecule has 18 heavy (non-hydrogen) atoms. The Morgan fingerprint density at radius 2 is 1.78 bits per heavy atom. The fourth-order valence-corrected chi connectivity index (χ4v) is 3.46. The molecule has 0 aromatic heterocycles. The van der Waals surface area contributed by atoms with Gasteiger partial charge >= 0.3 is 0 Å². The van der Waals surface area contributed by atoms with Crippen molar-refractivity contribution < 1.29 is 4.79 Å². The summed E-state index contributed by atoms with van der Waals surface area (Å²) >= 11 is 0. The summed E-state index contributed by atoms with van der Waals surface area (Å²) in [4.78, 5) is 14.5. The van der Waals surface area contributed by atoms with E-state index in [4.69, 9.17) is 0 Å². The lowest BCUT2D eigenvalue weighted by Gasteiger charge is -2.34. The first-order valence-electron chi connectivity index (χ1n) is 7.82. The zero-order valence-electron chi connectivity index (χ0n) is 12.0. The minimum Gasteiger partial charge on any atom is -0.323 e. The number of nitrogens with zero attached hydrogens (tertiary/aromatic N) is 1. The molecule has 2 rings (SSSR count). The SMILES string of the molecule is CCCC1NC(C)C(=O)N1C1CCCCCCC1. The van der Waals surface area contributed by atoms with Crippen LogP contribution in [0.2, 0.25) is 0 Å². The van der Waals surface area contributed by atoms with E-state index in [2.05, 4.69) is 17.1 Å². The van der Waals surface area contributed by atoms with E-state index in [0.29, 0.717) is 18.1 Å². The number of nitrogens with one attached hydrogen (secondary N) is 1. The molecule has 1 N–H and O–H groups in total. The van der Waals surface area contributed by atoms with Crippen LogP contribution in [0.4, 0.5) is 0 Å². The predicted molar refractivity (Wildman–Crippen MR) is 74.2 cm³/mol. The third kappa shape index (κ3) is 3.05. The van der Waals surface area contributed by atoms with Crippen LogP contribution in [0.1, 0.15) is 71.6 Å². The van der Waals surface area contributed by atoms with Crippen LogP contribution in [0.15, 0.2) is 0 Å². The lowest BCUT2D eigenvalue weighted by atomic mass is 9.95. The molecule has 0 aromatic carbocycles. The molecule has 3 nitrogen and oxygen atoms in total. The van der Waals surface area contributed by atoms with Crippen LogP contribution < -0.4 is 5.32 Å². The van der Waals surface area contributed by atoms with Crippen LogP contribution in [-0.4, -0.2) is 29.1 Å². The number of carbonyl (C=O) groups is 1. The summed E-state index contributed by atoms with van der Waals surface area (Å²) in [6, 6.07) is 0.513. The Hall–Kier alpha value is -0.570. The maximum Gasteiger partial charge on any atom is 0.240 e. The first kappa shape index (κ1) is 13.9. The first-order valence-corrected chi connectivity index (χ1v) is 7.82. The van der Waals surface area contributed by atoms with Gasteiger partial charge in [-0.3, -0.25) is 10.1 Å². The highest BCUT2D eigenvalue weighted by Gasteiger charge is 2.39. The Morgan fingerprint density at radius 1 is 1.17 bits per heavy atom. The molecule has 0 bridgehead atoms. The average Bonchev–Trinajstić information content (AvgIpc) is 2.56. The maximum absolute atomic E-state index is 12.4. The highest BCUT2D eigenvalue weighted by atomic mass is 16.2. The molecule has 1 heterocycles. The minimum atomic E-state index is 0.0204. The molecular formula is C15H28N2O. The molecule has 0 spiro atoms. The van der Waals surface area contributed by atoms with Crippen molar-refractivity contribution in [3.8, 4) is 0 Å². The van der Waals surface area contributed by atoms with Crippen molar-refractivity contribution in [3.05, 3.63) is 0 Å². The van der Waals surface area contributed by atoms with Gasteiger partial charge in [-0.05, 0) is 26.2 Å². The Balaban J connectivity index is 2.04. The average molecular weight is 252 g/mol. The van der Waals surface area contributed by atoms with Crippen molar-refractivity contribution in [2.24, 2.45) is 0 Å². The molecule has 1 saturated carbocycles. The third-order valence-corrected chi connectivity index (χ3v) is 4.43. The van der Waals surface area contributed by atoms with Gasteiger partial charge in [-0.15, -0.1) is 0 Å². The van der Waals surface area contributed by atoms with Gasteiger partial charge in [0.15, 0.2) is 0 Å². The molecule has 1 aliphatic carbocycles. The number of hydrogen-bond donors (Lipinski definition) is 1. The molecule has 104 valence electrons. The molecule has 1 aliphatic heterocycles. The summed E-state index contributed by atoms with van der Waals surface area (Å²) in [6.07, 6.45) is 11.6.